The van der Waals surface area contributed by atoms with Crippen molar-refractivity contribution >= 4 is 28.8 Å². The number of anilines is 3. The zero-order chi connectivity index (χ0) is 18.9. The number of hydrogen-bond donors (Lipinski definition) is 3. The summed E-state index contributed by atoms with van der Waals surface area (Å²) in [6.45, 7) is 1.41. The molecule has 1 heterocycles. The molecule has 4 N–H and O–H groups in total. The van der Waals surface area contributed by atoms with Gasteiger partial charge in [0, 0.05) is 54.2 Å². The van der Waals surface area contributed by atoms with Gasteiger partial charge in [0.25, 0.3) is 0 Å². The molecule has 1 aromatic heterocycles. The average Bonchev–Trinajstić information content (AvgIpc) is 3.21. The van der Waals surface area contributed by atoms with Gasteiger partial charge in [-0.2, -0.15) is 5.10 Å². The van der Waals surface area contributed by atoms with Crippen LogP contribution in [0, 0.1) is 0 Å². The number of nitrogens with one attached hydrogen (secondary N) is 2. The van der Waals surface area contributed by atoms with Crippen molar-refractivity contribution in [3.8, 4) is 0 Å². The van der Waals surface area contributed by atoms with Crippen molar-refractivity contribution in [1.29, 1.82) is 0 Å². The van der Waals surface area contributed by atoms with E-state index >= 15 is 0 Å². The molecule has 0 aliphatic heterocycles. The van der Waals surface area contributed by atoms with E-state index in [-0.39, 0.29) is 0 Å². The van der Waals surface area contributed by atoms with Gasteiger partial charge < -0.3 is 16.4 Å². The van der Waals surface area contributed by atoms with Crippen molar-refractivity contribution < 1.29 is 0 Å². The lowest BCUT2D eigenvalue weighted by atomic mass is 10.0. The lowest BCUT2D eigenvalue weighted by molar-refractivity contribution is 0.636. The monoisotopic (exact) mass is 361 g/mol. The van der Waals surface area contributed by atoms with Gasteiger partial charge in [0.15, 0.2) is 0 Å². The topological polar surface area (TPSA) is 93.2 Å². The summed E-state index contributed by atoms with van der Waals surface area (Å²) in [7, 11) is 1.73. The van der Waals surface area contributed by atoms with Gasteiger partial charge in [0.05, 0.1) is 6.54 Å². The molecular weight excluding hydrogens is 338 g/mol. The highest BCUT2D eigenvalue weighted by molar-refractivity contribution is 6.11. The Bertz CT molecular complexity index is 899. The highest BCUT2D eigenvalue weighted by Gasteiger charge is 2.08. The van der Waals surface area contributed by atoms with E-state index in [9.17, 15) is 0 Å². The van der Waals surface area contributed by atoms with Crippen LogP contribution in [-0.4, -0.2) is 34.6 Å². The maximum absolute atomic E-state index is 5.81. The van der Waals surface area contributed by atoms with Gasteiger partial charge >= 0.3 is 0 Å². The molecule has 0 saturated heterocycles. The van der Waals surface area contributed by atoms with Gasteiger partial charge in [-0.1, -0.05) is 24.3 Å². The highest BCUT2D eigenvalue weighted by Crippen LogP contribution is 2.28. The Morgan fingerprint density at radius 1 is 1.19 bits per heavy atom. The largest absolute Gasteiger partial charge is 0.404 e. The minimum atomic E-state index is 0.701. The number of benzene rings is 2. The van der Waals surface area contributed by atoms with E-state index in [2.05, 4.69) is 31.8 Å². The molecule has 7 heteroatoms. The summed E-state index contributed by atoms with van der Waals surface area (Å²) in [6.07, 6.45) is 6.55. The molecule has 138 valence electrons. The van der Waals surface area contributed by atoms with Gasteiger partial charge in [-0.05, 0) is 24.3 Å². The summed E-state index contributed by atoms with van der Waals surface area (Å²) in [4.78, 5) is 8.06. The molecule has 3 rings (SSSR count). The van der Waals surface area contributed by atoms with Crippen LogP contribution < -0.4 is 16.4 Å². The van der Waals surface area contributed by atoms with Crippen molar-refractivity contribution in [3.05, 3.63) is 72.9 Å². The smallest absolute Gasteiger partial charge is 0.137 e. The average molecular weight is 361 g/mol. The van der Waals surface area contributed by atoms with E-state index < -0.39 is 0 Å². The Balaban J connectivity index is 1.83. The third-order valence-electron chi connectivity index (χ3n) is 3.96. The SMILES string of the molecule is CN=CC(=CN)c1ccc(Nc2ccccc2)cc1NCCn1cncn1. The summed E-state index contributed by atoms with van der Waals surface area (Å²) in [5.74, 6) is 0. The summed E-state index contributed by atoms with van der Waals surface area (Å²) in [6, 6.07) is 16.2. The number of nitrogens with two attached hydrogens (primary N) is 1. The lowest BCUT2D eigenvalue weighted by Crippen LogP contribution is -2.12. The molecular formula is C20H23N7. The van der Waals surface area contributed by atoms with Gasteiger partial charge in [-0.3, -0.25) is 9.67 Å². The maximum Gasteiger partial charge on any atom is 0.137 e. The number of hydrogen-bond acceptors (Lipinski definition) is 6. The predicted octanol–water partition coefficient (Wildman–Crippen LogP) is 3.13. The van der Waals surface area contributed by atoms with Crippen LogP contribution in [0.2, 0.25) is 0 Å². The standard InChI is InChI=1S/C20H23N7/c1-22-13-16(12-21)19-8-7-18(26-17-5-3-2-4-6-17)11-20(19)24-9-10-27-15-23-14-25-27/h2-8,11-15,24,26H,9-10,21H2,1H3. The number of para-hydroxylation sites is 1. The van der Waals surface area contributed by atoms with Gasteiger partial charge in [-0.15, -0.1) is 0 Å². The van der Waals surface area contributed by atoms with Gasteiger partial charge in [-0.25, -0.2) is 4.98 Å². The Kier molecular flexibility index (Phi) is 6.19. The van der Waals surface area contributed by atoms with Crippen molar-refractivity contribution in [2.75, 3.05) is 24.2 Å². The fraction of sp³-hybridized carbons (Fsp3) is 0.150. The molecule has 3 aromatic rings. The zero-order valence-corrected chi connectivity index (χ0v) is 15.2. The van der Waals surface area contributed by atoms with Crippen LogP contribution in [-0.2, 0) is 6.54 Å². The summed E-state index contributed by atoms with van der Waals surface area (Å²) in [5, 5.41) is 11.0. The Hall–Kier alpha value is -3.61. The summed E-state index contributed by atoms with van der Waals surface area (Å²) < 4.78 is 1.78. The molecule has 0 aliphatic carbocycles. The van der Waals surface area contributed by atoms with E-state index in [1.165, 1.54) is 6.33 Å². The molecule has 0 amide bonds. The molecule has 0 radical (unpaired) electrons. The second kappa shape index (κ2) is 9.19. The molecule has 0 spiro atoms. The molecule has 2 aromatic carbocycles. The number of allylic oxidation sites excluding steroid dienone is 1. The van der Waals surface area contributed by atoms with Crippen LogP contribution in [0.25, 0.3) is 5.57 Å². The third kappa shape index (κ3) is 4.94. The second-order valence-corrected chi connectivity index (χ2v) is 5.85. The quantitative estimate of drug-likeness (QED) is 0.536. The van der Waals surface area contributed by atoms with Crippen molar-refractivity contribution in [3.63, 3.8) is 0 Å². The summed E-state index contributed by atoms with van der Waals surface area (Å²) >= 11 is 0. The first kappa shape index (κ1) is 18.2. The van der Waals surface area contributed by atoms with Crippen LogP contribution in [0.15, 0.2) is 72.4 Å². The molecule has 0 saturated carbocycles. The van der Waals surface area contributed by atoms with Crippen molar-refractivity contribution in [2.45, 2.75) is 6.54 Å². The van der Waals surface area contributed by atoms with E-state index in [4.69, 9.17) is 5.73 Å². The molecule has 27 heavy (non-hydrogen) atoms. The molecule has 0 fully saturated rings. The van der Waals surface area contributed by atoms with Crippen LogP contribution in [0.4, 0.5) is 17.1 Å². The molecule has 7 nitrogen and oxygen atoms in total. The normalized spacial score (nSPS) is 11.7. The lowest BCUT2D eigenvalue weighted by Gasteiger charge is -2.15. The first-order chi connectivity index (χ1) is 13.3. The second-order valence-electron chi connectivity index (χ2n) is 5.85. The van der Waals surface area contributed by atoms with E-state index in [0.717, 1.165) is 28.2 Å². The fourth-order valence-corrected chi connectivity index (χ4v) is 2.70. The van der Waals surface area contributed by atoms with Gasteiger partial charge in [0.1, 0.15) is 12.7 Å². The van der Waals surface area contributed by atoms with E-state index in [0.29, 0.717) is 13.1 Å². The predicted molar refractivity (Wildman–Crippen MR) is 111 cm³/mol. The van der Waals surface area contributed by atoms with Crippen molar-refractivity contribution in [2.24, 2.45) is 10.7 Å². The minimum Gasteiger partial charge on any atom is -0.404 e. The van der Waals surface area contributed by atoms with Gasteiger partial charge in [0.2, 0.25) is 0 Å². The highest BCUT2D eigenvalue weighted by atomic mass is 15.3. The molecule has 0 aliphatic rings. The molecule has 0 bridgehead atoms. The Morgan fingerprint density at radius 3 is 2.74 bits per heavy atom. The van der Waals surface area contributed by atoms with Crippen LogP contribution >= 0.6 is 0 Å². The Morgan fingerprint density at radius 2 is 2.04 bits per heavy atom. The number of nitrogens with zero attached hydrogens (tertiary/aromatic N) is 4. The van der Waals surface area contributed by atoms with Crippen molar-refractivity contribution in [1.82, 2.24) is 14.8 Å². The fourth-order valence-electron chi connectivity index (χ4n) is 2.70. The number of aliphatic imine (C=N–C) groups is 1. The first-order valence-electron chi connectivity index (χ1n) is 8.67. The molecule has 0 atom stereocenters. The first-order valence-corrected chi connectivity index (χ1v) is 8.67. The van der Waals surface area contributed by atoms with E-state index in [1.807, 2.05) is 42.5 Å². The van der Waals surface area contributed by atoms with Crippen LogP contribution in [0.5, 0.6) is 0 Å². The minimum absolute atomic E-state index is 0.701. The molecule has 0 unspecified atom stereocenters. The van der Waals surface area contributed by atoms with Crippen LogP contribution in [0.1, 0.15) is 5.56 Å². The van der Waals surface area contributed by atoms with E-state index in [1.54, 1.807) is 30.5 Å². The zero-order valence-electron chi connectivity index (χ0n) is 15.2. The number of aromatic nitrogens is 3. The summed E-state index contributed by atoms with van der Waals surface area (Å²) in [5.41, 5.74) is 10.6. The third-order valence-corrected chi connectivity index (χ3v) is 3.96. The maximum atomic E-state index is 5.81. The van der Waals surface area contributed by atoms with Crippen LogP contribution in [0.3, 0.4) is 0 Å². The Labute approximate surface area is 158 Å². The number of rotatable bonds is 8.